The highest BCUT2D eigenvalue weighted by Gasteiger charge is 2.28. The van der Waals surface area contributed by atoms with E-state index in [0.29, 0.717) is 11.1 Å². The molecule has 1 unspecified atom stereocenters. The largest absolute Gasteiger partial charge is 0.481 e. The summed E-state index contributed by atoms with van der Waals surface area (Å²) in [4.78, 5) is 33.7. The third kappa shape index (κ3) is 6.85. The highest BCUT2D eigenvalue weighted by atomic mass is 32.2. The van der Waals surface area contributed by atoms with Crippen LogP contribution in [0.4, 0.5) is 5.69 Å². The van der Waals surface area contributed by atoms with Crippen LogP contribution >= 0.6 is 0 Å². The maximum atomic E-state index is 12.2. The molecule has 9 nitrogen and oxygen atoms in total. The molecule has 0 saturated heterocycles. The van der Waals surface area contributed by atoms with E-state index < -0.39 is 32.7 Å². The summed E-state index contributed by atoms with van der Waals surface area (Å²) in [5, 5.41) is 20.7. The predicted molar refractivity (Wildman–Crippen MR) is 105 cm³/mol. The van der Waals surface area contributed by atoms with Crippen molar-refractivity contribution in [2.45, 2.75) is 12.8 Å². The fraction of sp³-hybridized carbons (Fsp3) is 0.158. The zero-order valence-corrected chi connectivity index (χ0v) is 15.9. The van der Waals surface area contributed by atoms with Crippen molar-refractivity contribution < 1.29 is 28.0 Å². The van der Waals surface area contributed by atoms with Gasteiger partial charge in [0, 0.05) is 12.1 Å². The van der Waals surface area contributed by atoms with Gasteiger partial charge in [0.15, 0.2) is 0 Å². The molecule has 1 atom stereocenters. The second kappa shape index (κ2) is 9.60. The monoisotopic (exact) mass is 418 g/mol. The molecule has 0 fully saturated rings. The molecule has 0 heterocycles. The first-order valence-electron chi connectivity index (χ1n) is 8.44. The zero-order chi connectivity index (χ0) is 21.4. The standard InChI is InChI=1S/C19H18N2O7S/c22-18(20-29(27,28)13-12-14-4-2-1-3-5-14)17(19(23)24)11-8-15-6-9-16(10-7-15)21(25)26/h1-7,9-10,12-13,17H,8,11H2,(H,20,22)(H,23,24)/b13-12+. The normalized spacial score (nSPS) is 12.4. The number of aryl methyl sites for hydroxylation is 1. The van der Waals surface area contributed by atoms with Gasteiger partial charge < -0.3 is 5.11 Å². The second-order valence-electron chi connectivity index (χ2n) is 6.08. The maximum Gasteiger partial charge on any atom is 0.316 e. The van der Waals surface area contributed by atoms with Gasteiger partial charge in [-0.05, 0) is 30.0 Å². The average Bonchev–Trinajstić information content (AvgIpc) is 2.67. The van der Waals surface area contributed by atoms with Crippen molar-refractivity contribution in [3.8, 4) is 0 Å². The van der Waals surface area contributed by atoms with E-state index >= 15 is 0 Å². The van der Waals surface area contributed by atoms with Crippen molar-refractivity contribution in [1.82, 2.24) is 4.72 Å². The quantitative estimate of drug-likeness (QED) is 0.361. The number of sulfonamides is 1. The number of hydrogen-bond acceptors (Lipinski definition) is 6. The number of carboxylic acids is 1. The maximum absolute atomic E-state index is 12.2. The van der Waals surface area contributed by atoms with E-state index in [-0.39, 0.29) is 18.5 Å². The summed E-state index contributed by atoms with van der Waals surface area (Å²) in [5.74, 6) is -4.21. The Hall–Kier alpha value is -3.53. The molecular weight excluding hydrogens is 400 g/mol. The van der Waals surface area contributed by atoms with Crippen LogP contribution in [0.5, 0.6) is 0 Å². The Labute approximate surface area is 166 Å². The first kappa shape index (κ1) is 21.8. The molecule has 0 spiro atoms. The number of carbonyl (C=O) groups is 2. The number of benzene rings is 2. The van der Waals surface area contributed by atoms with E-state index in [2.05, 4.69) is 0 Å². The third-order valence-electron chi connectivity index (χ3n) is 3.97. The molecular formula is C19H18N2O7S. The van der Waals surface area contributed by atoms with Gasteiger partial charge in [-0.2, -0.15) is 0 Å². The van der Waals surface area contributed by atoms with Crippen molar-refractivity contribution in [3.05, 3.63) is 81.2 Å². The number of non-ortho nitro benzene ring substituents is 1. The number of amides is 1. The van der Waals surface area contributed by atoms with Crippen molar-refractivity contribution in [2.75, 3.05) is 0 Å². The van der Waals surface area contributed by atoms with Crippen LogP contribution in [-0.2, 0) is 26.0 Å². The van der Waals surface area contributed by atoms with Gasteiger partial charge in [-0.1, -0.05) is 42.5 Å². The Bertz CT molecular complexity index is 1020. The number of hydrogen-bond donors (Lipinski definition) is 2. The lowest BCUT2D eigenvalue weighted by molar-refractivity contribution is -0.384. The molecule has 2 rings (SSSR count). The first-order chi connectivity index (χ1) is 13.7. The smallest absolute Gasteiger partial charge is 0.316 e. The van der Waals surface area contributed by atoms with Crippen LogP contribution in [0.25, 0.3) is 6.08 Å². The number of nitro benzene ring substituents is 1. The highest BCUT2D eigenvalue weighted by molar-refractivity contribution is 7.93. The molecule has 152 valence electrons. The van der Waals surface area contributed by atoms with Gasteiger partial charge in [-0.3, -0.25) is 19.7 Å². The minimum absolute atomic E-state index is 0.113. The molecule has 1 amide bonds. The van der Waals surface area contributed by atoms with Crippen molar-refractivity contribution >= 4 is 33.7 Å². The number of nitrogens with zero attached hydrogens (tertiary/aromatic N) is 1. The van der Waals surface area contributed by atoms with Crippen LogP contribution in [0.3, 0.4) is 0 Å². The lowest BCUT2D eigenvalue weighted by atomic mass is 9.99. The molecule has 0 bridgehead atoms. The molecule has 0 aliphatic rings. The van der Waals surface area contributed by atoms with E-state index in [1.165, 1.54) is 30.3 Å². The molecule has 0 aliphatic carbocycles. The molecule has 2 N–H and O–H groups in total. The molecule has 29 heavy (non-hydrogen) atoms. The van der Waals surface area contributed by atoms with Gasteiger partial charge in [0.05, 0.1) is 10.3 Å². The van der Waals surface area contributed by atoms with Crippen LogP contribution in [0.1, 0.15) is 17.5 Å². The predicted octanol–water partition coefficient (Wildman–Crippen LogP) is 2.35. The van der Waals surface area contributed by atoms with Crippen molar-refractivity contribution in [2.24, 2.45) is 5.92 Å². The highest BCUT2D eigenvalue weighted by Crippen LogP contribution is 2.16. The van der Waals surface area contributed by atoms with Gasteiger partial charge in [-0.15, -0.1) is 0 Å². The average molecular weight is 418 g/mol. The van der Waals surface area contributed by atoms with E-state index in [0.717, 1.165) is 5.41 Å². The first-order valence-corrected chi connectivity index (χ1v) is 9.98. The molecule has 0 aromatic heterocycles. The minimum Gasteiger partial charge on any atom is -0.481 e. The van der Waals surface area contributed by atoms with Gasteiger partial charge >= 0.3 is 5.97 Å². The summed E-state index contributed by atoms with van der Waals surface area (Å²) >= 11 is 0. The molecule has 2 aromatic rings. The fourth-order valence-corrected chi connectivity index (χ4v) is 3.27. The topological polar surface area (TPSA) is 144 Å². The number of carboxylic acid groups (broad SMARTS) is 1. The van der Waals surface area contributed by atoms with Gasteiger partial charge in [0.25, 0.3) is 15.7 Å². The number of nitro groups is 1. The van der Waals surface area contributed by atoms with Gasteiger partial charge in [-0.25, -0.2) is 13.1 Å². The lowest BCUT2D eigenvalue weighted by Gasteiger charge is -2.12. The molecule has 0 radical (unpaired) electrons. The van der Waals surface area contributed by atoms with Gasteiger partial charge in [0.2, 0.25) is 5.91 Å². The van der Waals surface area contributed by atoms with E-state index in [4.69, 9.17) is 0 Å². The Morgan fingerprint density at radius 2 is 1.72 bits per heavy atom. The summed E-state index contributed by atoms with van der Waals surface area (Å²) in [7, 11) is -4.17. The van der Waals surface area contributed by atoms with Crippen LogP contribution in [0.2, 0.25) is 0 Å². The Morgan fingerprint density at radius 3 is 2.28 bits per heavy atom. The Morgan fingerprint density at radius 1 is 1.10 bits per heavy atom. The zero-order valence-electron chi connectivity index (χ0n) is 15.1. The number of carbonyl (C=O) groups excluding carboxylic acids is 1. The minimum atomic E-state index is -4.17. The van der Waals surface area contributed by atoms with Crippen LogP contribution in [-0.4, -0.2) is 30.3 Å². The molecule has 0 saturated carbocycles. The number of aliphatic carboxylic acids is 1. The number of nitrogens with one attached hydrogen (secondary N) is 1. The summed E-state index contributed by atoms with van der Waals surface area (Å²) in [6.07, 6.45) is 1.24. The summed E-state index contributed by atoms with van der Waals surface area (Å²) in [6, 6.07) is 14.0. The van der Waals surface area contributed by atoms with Crippen molar-refractivity contribution in [3.63, 3.8) is 0 Å². The van der Waals surface area contributed by atoms with E-state index in [1.54, 1.807) is 35.1 Å². The van der Waals surface area contributed by atoms with Crippen LogP contribution in [0, 0.1) is 16.0 Å². The van der Waals surface area contributed by atoms with Gasteiger partial charge in [0.1, 0.15) is 5.92 Å². The molecule has 0 aliphatic heterocycles. The van der Waals surface area contributed by atoms with E-state index in [9.17, 15) is 33.2 Å². The third-order valence-corrected chi connectivity index (χ3v) is 4.95. The SMILES string of the molecule is O=C(O)C(CCc1ccc([N+](=O)[O-])cc1)C(=O)NS(=O)(=O)/C=C/c1ccccc1. The van der Waals surface area contributed by atoms with Crippen LogP contribution in [0.15, 0.2) is 60.0 Å². The fourth-order valence-electron chi connectivity index (χ4n) is 2.44. The van der Waals surface area contributed by atoms with Crippen molar-refractivity contribution in [1.29, 1.82) is 0 Å². The Balaban J connectivity index is 2.02. The Kier molecular flexibility index (Phi) is 7.21. The van der Waals surface area contributed by atoms with E-state index in [1.807, 2.05) is 0 Å². The summed E-state index contributed by atoms with van der Waals surface area (Å²) in [5.41, 5.74) is 1.07. The number of rotatable bonds is 9. The summed E-state index contributed by atoms with van der Waals surface area (Å²) in [6.45, 7) is 0. The second-order valence-corrected chi connectivity index (χ2v) is 7.64. The molecule has 2 aromatic carbocycles. The molecule has 10 heteroatoms. The lowest BCUT2D eigenvalue weighted by Crippen LogP contribution is -2.38. The summed E-state index contributed by atoms with van der Waals surface area (Å²) < 4.78 is 25.8. The van der Waals surface area contributed by atoms with Crippen LogP contribution < -0.4 is 4.72 Å².